The molecule has 1 heteroatoms. The Balaban J connectivity index is 2.50. The van der Waals surface area contributed by atoms with Crippen LogP contribution >= 0.6 is 0 Å². The molecule has 0 N–H and O–H groups in total. The van der Waals surface area contributed by atoms with Crippen LogP contribution in [0.2, 0.25) is 0 Å². The molecule has 0 heterocycles. The molecule has 2 rings (SSSR count). The van der Waals surface area contributed by atoms with Crippen LogP contribution in [-0.2, 0) is 6.42 Å². The van der Waals surface area contributed by atoms with Crippen LogP contribution in [0.1, 0.15) is 27.9 Å². The van der Waals surface area contributed by atoms with Crippen molar-refractivity contribution in [1.82, 2.24) is 0 Å². The average molecular weight is 158 g/mol. The Bertz CT molecular complexity index is 337. The fourth-order valence-corrected chi connectivity index (χ4v) is 1.53. The third kappa shape index (κ3) is 1.18. The lowest BCUT2D eigenvalue weighted by Crippen LogP contribution is -1.95. The molecule has 0 unspecified atom stereocenters. The molecule has 1 aliphatic rings. The summed E-state index contributed by atoms with van der Waals surface area (Å²) in [7, 11) is 0. The monoisotopic (exact) mass is 158 g/mol. The number of aryl methyl sites for hydroxylation is 1. The number of aldehydes is 1. The van der Waals surface area contributed by atoms with E-state index in [1.54, 1.807) is 0 Å². The summed E-state index contributed by atoms with van der Waals surface area (Å²) >= 11 is 0. The van der Waals surface area contributed by atoms with Crippen molar-refractivity contribution >= 4 is 12.4 Å². The van der Waals surface area contributed by atoms with Crippen molar-refractivity contribution in [1.29, 1.82) is 0 Å². The van der Waals surface area contributed by atoms with Crippen LogP contribution in [0.4, 0.5) is 0 Å². The lowest BCUT2D eigenvalue weighted by atomic mass is 9.96. The van der Waals surface area contributed by atoms with Gasteiger partial charge < -0.3 is 0 Å². The molecule has 1 nitrogen and oxygen atoms in total. The minimum Gasteiger partial charge on any atom is -0.298 e. The van der Waals surface area contributed by atoms with Gasteiger partial charge in [0, 0.05) is 5.56 Å². The van der Waals surface area contributed by atoms with Gasteiger partial charge in [0.2, 0.25) is 0 Å². The number of carbonyl (C=O) groups is 1. The normalized spacial score (nSPS) is 14.0. The van der Waals surface area contributed by atoms with E-state index in [9.17, 15) is 4.79 Å². The Morgan fingerprint density at radius 2 is 2.25 bits per heavy atom. The van der Waals surface area contributed by atoms with E-state index in [4.69, 9.17) is 0 Å². The summed E-state index contributed by atoms with van der Waals surface area (Å²) in [6.45, 7) is 0. The summed E-state index contributed by atoms with van der Waals surface area (Å²) in [6, 6.07) is 5.85. The van der Waals surface area contributed by atoms with Crippen LogP contribution < -0.4 is 0 Å². The van der Waals surface area contributed by atoms with E-state index in [0.29, 0.717) is 0 Å². The molecule has 0 atom stereocenters. The van der Waals surface area contributed by atoms with E-state index in [0.717, 1.165) is 24.7 Å². The number of hydrogen-bond acceptors (Lipinski definition) is 1. The standard InChI is InChI=1S/C11H10O/c12-8-9-5-6-10-3-1-2-4-11(10)7-9/h1,3,5-8H,2,4H2. The molecule has 1 aromatic carbocycles. The zero-order valence-electron chi connectivity index (χ0n) is 6.79. The average Bonchev–Trinajstić information content (AvgIpc) is 2.17. The number of allylic oxidation sites excluding steroid dienone is 1. The van der Waals surface area contributed by atoms with Crippen molar-refractivity contribution in [2.24, 2.45) is 0 Å². The van der Waals surface area contributed by atoms with E-state index in [1.807, 2.05) is 18.2 Å². The van der Waals surface area contributed by atoms with Crippen molar-refractivity contribution in [3.05, 3.63) is 41.0 Å². The largest absolute Gasteiger partial charge is 0.298 e. The number of rotatable bonds is 1. The molecule has 12 heavy (non-hydrogen) atoms. The van der Waals surface area contributed by atoms with Gasteiger partial charge in [0.15, 0.2) is 0 Å². The molecule has 0 fully saturated rings. The smallest absolute Gasteiger partial charge is 0.150 e. The Morgan fingerprint density at radius 3 is 3.08 bits per heavy atom. The SMILES string of the molecule is O=Cc1ccc2c(c1)CCC=C2. The summed E-state index contributed by atoms with van der Waals surface area (Å²) in [5.74, 6) is 0. The first kappa shape index (κ1) is 7.29. The van der Waals surface area contributed by atoms with Crippen LogP contribution in [0, 0.1) is 0 Å². The highest BCUT2D eigenvalue weighted by atomic mass is 16.1. The van der Waals surface area contributed by atoms with E-state index in [1.165, 1.54) is 11.1 Å². The van der Waals surface area contributed by atoms with Crippen molar-refractivity contribution in [3.63, 3.8) is 0 Å². The van der Waals surface area contributed by atoms with Gasteiger partial charge in [-0.25, -0.2) is 0 Å². The fraction of sp³-hybridized carbons (Fsp3) is 0.182. The van der Waals surface area contributed by atoms with Gasteiger partial charge in [-0.3, -0.25) is 4.79 Å². The molecule has 0 amide bonds. The van der Waals surface area contributed by atoms with Crippen LogP contribution in [0.3, 0.4) is 0 Å². The Kier molecular flexibility index (Phi) is 1.78. The second-order valence-corrected chi connectivity index (χ2v) is 3.02. The maximum Gasteiger partial charge on any atom is 0.150 e. The predicted molar refractivity (Wildman–Crippen MR) is 49.2 cm³/mol. The molecule has 0 bridgehead atoms. The zero-order valence-corrected chi connectivity index (χ0v) is 6.79. The minimum atomic E-state index is 0.782. The highest BCUT2D eigenvalue weighted by Gasteiger charge is 2.03. The lowest BCUT2D eigenvalue weighted by molar-refractivity contribution is 0.112. The first-order chi connectivity index (χ1) is 5.90. The van der Waals surface area contributed by atoms with Gasteiger partial charge in [0.25, 0.3) is 0 Å². The van der Waals surface area contributed by atoms with Gasteiger partial charge in [-0.05, 0) is 30.0 Å². The summed E-state index contributed by atoms with van der Waals surface area (Å²) in [4.78, 5) is 10.5. The zero-order chi connectivity index (χ0) is 8.39. The second-order valence-electron chi connectivity index (χ2n) is 3.02. The Hall–Kier alpha value is -1.37. The maximum absolute atomic E-state index is 10.5. The summed E-state index contributed by atoms with van der Waals surface area (Å²) in [5, 5.41) is 0. The van der Waals surface area contributed by atoms with Crippen molar-refractivity contribution < 1.29 is 4.79 Å². The first-order valence-electron chi connectivity index (χ1n) is 4.15. The summed E-state index contributed by atoms with van der Waals surface area (Å²) < 4.78 is 0. The molecule has 0 aliphatic heterocycles. The Labute approximate surface area is 71.7 Å². The quantitative estimate of drug-likeness (QED) is 0.574. The second kappa shape index (κ2) is 2.94. The third-order valence-electron chi connectivity index (χ3n) is 2.18. The third-order valence-corrected chi connectivity index (χ3v) is 2.18. The molecule has 0 saturated heterocycles. The van der Waals surface area contributed by atoms with Crippen LogP contribution in [0.25, 0.3) is 6.08 Å². The van der Waals surface area contributed by atoms with Crippen LogP contribution in [0.5, 0.6) is 0 Å². The van der Waals surface area contributed by atoms with Crippen LogP contribution in [0.15, 0.2) is 24.3 Å². The highest BCUT2D eigenvalue weighted by molar-refractivity contribution is 5.76. The number of carbonyl (C=O) groups excluding carboxylic acids is 1. The lowest BCUT2D eigenvalue weighted by Gasteiger charge is -2.09. The predicted octanol–water partition coefficient (Wildman–Crippen LogP) is 2.46. The molecule has 1 aromatic rings. The molecule has 0 radical (unpaired) electrons. The van der Waals surface area contributed by atoms with E-state index < -0.39 is 0 Å². The Morgan fingerprint density at radius 1 is 1.33 bits per heavy atom. The minimum absolute atomic E-state index is 0.782. The molecule has 60 valence electrons. The molecular weight excluding hydrogens is 148 g/mol. The van der Waals surface area contributed by atoms with Crippen molar-refractivity contribution in [2.75, 3.05) is 0 Å². The van der Waals surface area contributed by atoms with Gasteiger partial charge >= 0.3 is 0 Å². The summed E-state index contributed by atoms with van der Waals surface area (Å²) in [6.07, 6.45) is 7.34. The number of benzene rings is 1. The topological polar surface area (TPSA) is 17.1 Å². The molecule has 0 spiro atoms. The van der Waals surface area contributed by atoms with Crippen molar-refractivity contribution in [2.45, 2.75) is 12.8 Å². The number of hydrogen-bond donors (Lipinski definition) is 0. The van der Waals surface area contributed by atoms with E-state index >= 15 is 0 Å². The highest BCUT2D eigenvalue weighted by Crippen LogP contribution is 2.19. The molecular formula is C11H10O. The first-order valence-corrected chi connectivity index (χ1v) is 4.15. The summed E-state index contributed by atoms with van der Waals surface area (Å²) in [5.41, 5.74) is 3.33. The maximum atomic E-state index is 10.5. The van der Waals surface area contributed by atoms with Gasteiger partial charge in [-0.2, -0.15) is 0 Å². The molecule has 1 aliphatic carbocycles. The van der Waals surface area contributed by atoms with E-state index in [-0.39, 0.29) is 0 Å². The van der Waals surface area contributed by atoms with Gasteiger partial charge in [-0.1, -0.05) is 24.3 Å². The van der Waals surface area contributed by atoms with Gasteiger partial charge in [0.05, 0.1) is 0 Å². The van der Waals surface area contributed by atoms with E-state index in [2.05, 4.69) is 12.2 Å². The van der Waals surface area contributed by atoms with Crippen LogP contribution in [-0.4, -0.2) is 6.29 Å². The number of fused-ring (bicyclic) bond motifs is 1. The fourth-order valence-electron chi connectivity index (χ4n) is 1.53. The molecule has 0 aromatic heterocycles. The molecule has 0 saturated carbocycles. The van der Waals surface area contributed by atoms with Crippen molar-refractivity contribution in [3.8, 4) is 0 Å². The van der Waals surface area contributed by atoms with Gasteiger partial charge in [0.1, 0.15) is 6.29 Å². The van der Waals surface area contributed by atoms with Gasteiger partial charge in [-0.15, -0.1) is 0 Å².